The molecule has 4 rings (SSSR count). The third-order valence-electron chi connectivity index (χ3n) is 6.97. The van der Waals surface area contributed by atoms with Crippen LogP contribution in [0.15, 0.2) is 71.2 Å². The predicted molar refractivity (Wildman–Crippen MR) is 132 cm³/mol. The van der Waals surface area contributed by atoms with Gasteiger partial charge in [0.25, 0.3) is 0 Å². The topological polar surface area (TPSA) is 92.7 Å². The SMILES string of the molecule is Cc1ccc(-c2ccc(S(=O)(=O)N[C@@H]3CCCC4(C)C3=CC=CC4OCC(=O)O)cc2C)cc1. The normalized spacial score (nSPS) is 24.4. The molecule has 1 fully saturated rings. The summed E-state index contributed by atoms with van der Waals surface area (Å²) < 4.78 is 35.3. The van der Waals surface area contributed by atoms with Crippen LogP contribution in [0.3, 0.4) is 0 Å². The van der Waals surface area contributed by atoms with E-state index in [1.54, 1.807) is 12.1 Å². The summed E-state index contributed by atoms with van der Waals surface area (Å²) in [6.45, 7) is 5.59. The average Bonchev–Trinajstić information content (AvgIpc) is 2.78. The first-order chi connectivity index (χ1) is 16.1. The number of rotatable bonds is 7. The number of nitrogens with one attached hydrogen (secondary N) is 1. The molecule has 2 aromatic rings. The summed E-state index contributed by atoms with van der Waals surface area (Å²) in [6, 6.07) is 13.0. The number of carboxylic acids is 1. The quantitative estimate of drug-likeness (QED) is 0.594. The Labute approximate surface area is 201 Å². The van der Waals surface area contributed by atoms with E-state index in [0.29, 0.717) is 6.42 Å². The van der Waals surface area contributed by atoms with Crippen molar-refractivity contribution < 1.29 is 23.1 Å². The van der Waals surface area contributed by atoms with Gasteiger partial charge < -0.3 is 9.84 Å². The molecule has 0 aliphatic heterocycles. The van der Waals surface area contributed by atoms with Crippen molar-refractivity contribution in [1.29, 1.82) is 0 Å². The summed E-state index contributed by atoms with van der Waals surface area (Å²) in [5.74, 6) is -1.02. The number of benzene rings is 2. The Bertz CT molecular complexity index is 1250. The minimum absolute atomic E-state index is 0.235. The van der Waals surface area contributed by atoms with Crippen molar-refractivity contribution >= 4 is 16.0 Å². The number of fused-ring (bicyclic) bond motifs is 1. The molecule has 0 spiro atoms. The van der Waals surface area contributed by atoms with Crippen molar-refractivity contribution in [3.8, 4) is 11.1 Å². The molecule has 180 valence electrons. The van der Waals surface area contributed by atoms with E-state index < -0.39 is 27.5 Å². The van der Waals surface area contributed by atoms with Gasteiger partial charge in [0.1, 0.15) is 6.61 Å². The number of aliphatic carboxylic acids is 1. The summed E-state index contributed by atoms with van der Waals surface area (Å²) >= 11 is 0. The number of ether oxygens (including phenoxy) is 1. The van der Waals surface area contributed by atoms with Crippen LogP contribution in [0.2, 0.25) is 0 Å². The van der Waals surface area contributed by atoms with E-state index in [0.717, 1.165) is 35.1 Å². The first kappa shape index (κ1) is 24.4. The Morgan fingerprint density at radius 2 is 1.91 bits per heavy atom. The Balaban J connectivity index is 1.56. The zero-order valence-corrected chi connectivity index (χ0v) is 20.6. The molecule has 34 heavy (non-hydrogen) atoms. The highest BCUT2D eigenvalue weighted by molar-refractivity contribution is 7.89. The Morgan fingerprint density at radius 1 is 1.18 bits per heavy atom. The molecule has 2 aliphatic rings. The van der Waals surface area contributed by atoms with Crippen LogP contribution >= 0.6 is 0 Å². The number of aryl methyl sites for hydroxylation is 2. The largest absolute Gasteiger partial charge is 0.480 e. The fourth-order valence-corrected chi connectivity index (χ4v) is 6.43. The van der Waals surface area contributed by atoms with Crippen LogP contribution in [-0.2, 0) is 19.6 Å². The molecule has 6 nitrogen and oxygen atoms in total. The highest BCUT2D eigenvalue weighted by Crippen LogP contribution is 2.47. The lowest BCUT2D eigenvalue weighted by Crippen LogP contribution is -2.49. The van der Waals surface area contributed by atoms with Crippen molar-refractivity contribution in [3.05, 3.63) is 77.4 Å². The van der Waals surface area contributed by atoms with E-state index in [1.807, 2.05) is 69.3 Å². The highest BCUT2D eigenvalue weighted by Gasteiger charge is 2.45. The molecular weight excluding hydrogens is 450 g/mol. The minimum Gasteiger partial charge on any atom is -0.480 e. The highest BCUT2D eigenvalue weighted by atomic mass is 32.2. The van der Waals surface area contributed by atoms with E-state index in [9.17, 15) is 13.2 Å². The van der Waals surface area contributed by atoms with Crippen LogP contribution in [0.4, 0.5) is 0 Å². The molecule has 2 unspecified atom stereocenters. The summed E-state index contributed by atoms with van der Waals surface area (Å²) in [7, 11) is -3.76. The van der Waals surface area contributed by atoms with Crippen LogP contribution in [0.5, 0.6) is 0 Å². The van der Waals surface area contributed by atoms with Gasteiger partial charge in [-0.3, -0.25) is 0 Å². The number of hydrogen-bond donors (Lipinski definition) is 2. The van der Waals surface area contributed by atoms with Gasteiger partial charge in [-0.05, 0) is 61.1 Å². The number of hydrogen-bond acceptors (Lipinski definition) is 4. The summed E-state index contributed by atoms with van der Waals surface area (Å²) in [6.07, 6.45) is 7.52. The van der Waals surface area contributed by atoms with Gasteiger partial charge in [0.2, 0.25) is 10.0 Å². The Kier molecular flexibility index (Phi) is 6.80. The van der Waals surface area contributed by atoms with Crippen LogP contribution < -0.4 is 4.72 Å². The maximum Gasteiger partial charge on any atom is 0.329 e. The van der Waals surface area contributed by atoms with Crippen molar-refractivity contribution in [1.82, 2.24) is 4.72 Å². The zero-order chi connectivity index (χ0) is 24.5. The van der Waals surface area contributed by atoms with E-state index >= 15 is 0 Å². The molecule has 2 aromatic carbocycles. The van der Waals surface area contributed by atoms with Gasteiger partial charge in [0.05, 0.1) is 11.0 Å². The van der Waals surface area contributed by atoms with Crippen LogP contribution in [-0.4, -0.2) is 38.2 Å². The molecular formula is C27H31NO5S. The van der Waals surface area contributed by atoms with Crippen LogP contribution in [0, 0.1) is 19.3 Å². The first-order valence-corrected chi connectivity index (χ1v) is 13.0. The third kappa shape index (κ3) is 4.87. The lowest BCUT2D eigenvalue weighted by Gasteiger charge is -2.46. The van der Waals surface area contributed by atoms with Gasteiger partial charge in [0.15, 0.2) is 0 Å². The molecule has 7 heteroatoms. The maximum absolute atomic E-state index is 13.4. The minimum atomic E-state index is -3.76. The van der Waals surface area contributed by atoms with E-state index in [-0.39, 0.29) is 17.5 Å². The summed E-state index contributed by atoms with van der Waals surface area (Å²) in [5, 5.41) is 9.03. The smallest absolute Gasteiger partial charge is 0.329 e. The molecule has 1 saturated carbocycles. The standard InChI is InChI=1S/C27H31NO5S/c1-18-9-11-20(12-10-18)22-14-13-21(16-19(22)2)34(31,32)28-24-7-5-15-27(3)23(24)6-4-8-25(27)33-17-26(29)30/h4,6,8-14,16,24-25,28H,5,7,15,17H2,1-3H3,(H,29,30)/t24-,25?,27?/m1/s1. The number of sulfonamides is 1. The van der Waals surface area contributed by atoms with Crippen molar-refractivity contribution in [2.75, 3.05) is 6.61 Å². The second-order valence-electron chi connectivity index (χ2n) is 9.46. The van der Waals surface area contributed by atoms with E-state index in [1.165, 1.54) is 5.56 Å². The lowest BCUT2D eigenvalue weighted by molar-refractivity contribution is -0.145. The van der Waals surface area contributed by atoms with E-state index in [2.05, 4.69) is 4.72 Å². The van der Waals surface area contributed by atoms with Gasteiger partial charge in [0, 0.05) is 11.5 Å². The van der Waals surface area contributed by atoms with Gasteiger partial charge in [-0.1, -0.05) is 67.5 Å². The Morgan fingerprint density at radius 3 is 2.59 bits per heavy atom. The molecule has 2 N–H and O–H groups in total. The maximum atomic E-state index is 13.4. The molecule has 0 saturated heterocycles. The van der Waals surface area contributed by atoms with Gasteiger partial charge >= 0.3 is 5.97 Å². The number of carbonyl (C=O) groups is 1. The molecule has 0 amide bonds. The van der Waals surface area contributed by atoms with Crippen molar-refractivity contribution in [2.24, 2.45) is 5.41 Å². The monoisotopic (exact) mass is 481 g/mol. The fraction of sp³-hybridized carbons (Fsp3) is 0.370. The second kappa shape index (κ2) is 9.49. The fourth-order valence-electron chi connectivity index (χ4n) is 5.10. The molecule has 3 atom stereocenters. The number of carboxylic acid groups (broad SMARTS) is 1. The average molecular weight is 482 g/mol. The third-order valence-corrected chi connectivity index (χ3v) is 8.44. The summed E-state index contributed by atoms with van der Waals surface area (Å²) in [5.41, 5.74) is 4.60. The molecule has 0 heterocycles. The number of allylic oxidation sites excluding steroid dienone is 2. The van der Waals surface area contributed by atoms with Crippen LogP contribution in [0.1, 0.15) is 37.3 Å². The second-order valence-corrected chi connectivity index (χ2v) is 11.2. The molecule has 2 aliphatic carbocycles. The molecule has 0 aromatic heterocycles. The molecule has 0 radical (unpaired) electrons. The van der Waals surface area contributed by atoms with Crippen LogP contribution in [0.25, 0.3) is 11.1 Å². The molecule has 0 bridgehead atoms. The van der Waals surface area contributed by atoms with Gasteiger partial charge in [-0.25, -0.2) is 17.9 Å². The first-order valence-electron chi connectivity index (χ1n) is 11.5. The van der Waals surface area contributed by atoms with Crippen molar-refractivity contribution in [2.45, 2.75) is 57.1 Å². The van der Waals surface area contributed by atoms with Gasteiger partial charge in [-0.15, -0.1) is 0 Å². The summed E-state index contributed by atoms with van der Waals surface area (Å²) in [4.78, 5) is 11.3. The van der Waals surface area contributed by atoms with E-state index in [4.69, 9.17) is 9.84 Å². The lowest BCUT2D eigenvalue weighted by atomic mass is 9.64. The van der Waals surface area contributed by atoms with Gasteiger partial charge in [-0.2, -0.15) is 0 Å². The Hall–Kier alpha value is -2.74. The predicted octanol–water partition coefficient (Wildman–Crippen LogP) is 4.77. The zero-order valence-electron chi connectivity index (χ0n) is 19.7. The van der Waals surface area contributed by atoms with Crippen molar-refractivity contribution in [3.63, 3.8) is 0 Å².